The highest BCUT2D eigenvalue weighted by atomic mass is 127. The molecule has 17 heavy (non-hydrogen) atoms. The molecule has 4 nitrogen and oxygen atoms in total. The highest BCUT2D eigenvalue weighted by Crippen LogP contribution is 2.19. The van der Waals surface area contributed by atoms with E-state index in [0.717, 1.165) is 6.42 Å². The minimum absolute atomic E-state index is 0.247. The third kappa shape index (κ3) is 3.42. The number of hydrogen-bond donors (Lipinski definition) is 0. The normalized spacial score (nSPS) is 9.82. The fraction of sp³-hybridized carbons (Fsp3) is 0.333. The van der Waals surface area contributed by atoms with Gasteiger partial charge in [0.2, 0.25) is 0 Å². The molecule has 0 saturated carbocycles. The lowest BCUT2D eigenvalue weighted by Crippen LogP contribution is -2.14. The van der Waals surface area contributed by atoms with Gasteiger partial charge in [-0.1, -0.05) is 13.0 Å². The smallest absolute Gasteiger partial charge is 0.339 e. The summed E-state index contributed by atoms with van der Waals surface area (Å²) in [5.41, 5.74) is 0.508. The molecule has 0 aromatic heterocycles. The molecule has 0 fully saturated rings. The predicted molar refractivity (Wildman–Crippen MR) is 71.1 cm³/mol. The number of carbonyl (C=O) groups excluding carboxylic acids is 2. The Kier molecular flexibility index (Phi) is 5.40. The van der Waals surface area contributed by atoms with Crippen LogP contribution in [-0.4, -0.2) is 25.7 Å². The Morgan fingerprint density at radius 3 is 2.59 bits per heavy atom. The van der Waals surface area contributed by atoms with Crippen molar-refractivity contribution in [2.24, 2.45) is 0 Å². The number of ether oxygens (including phenoxy) is 2. The van der Waals surface area contributed by atoms with Gasteiger partial charge in [0.05, 0.1) is 24.8 Å². The van der Waals surface area contributed by atoms with E-state index in [1.165, 1.54) is 7.11 Å². The summed E-state index contributed by atoms with van der Waals surface area (Å²) in [6.07, 6.45) is 0.739. The summed E-state index contributed by atoms with van der Waals surface area (Å²) in [5, 5.41) is 0. The second kappa shape index (κ2) is 6.58. The number of halogens is 1. The SMILES string of the molecule is CCCOC(=O)c1cccc(I)c1C(=O)OC. The van der Waals surface area contributed by atoms with Gasteiger partial charge in [0.15, 0.2) is 0 Å². The van der Waals surface area contributed by atoms with Crippen LogP contribution >= 0.6 is 22.6 Å². The van der Waals surface area contributed by atoms with Crippen LogP contribution in [0, 0.1) is 3.57 Å². The van der Waals surface area contributed by atoms with Crippen LogP contribution in [0.5, 0.6) is 0 Å². The van der Waals surface area contributed by atoms with E-state index in [-0.39, 0.29) is 11.1 Å². The molecule has 0 unspecified atom stereocenters. The molecule has 0 radical (unpaired) electrons. The summed E-state index contributed by atoms with van der Waals surface area (Å²) >= 11 is 1.99. The second-order valence-electron chi connectivity index (χ2n) is 3.29. The summed E-state index contributed by atoms with van der Waals surface area (Å²) in [4.78, 5) is 23.4. The van der Waals surface area contributed by atoms with Crippen molar-refractivity contribution in [1.82, 2.24) is 0 Å². The first kappa shape index (κ1) is 14.0. The molecule has 0 N–H and O–H groups in total. The Morgan fingerprint density at radius 1 is 1.29 bits per heavy atom. The number of methoxy groups -OCH3 is 1. The van der Waals surface area contributed by atoms with E-state index in [4.69, 9.17) is 4.74 Å². The van der Waals surface area contributed by atoms with Crippen LogP contribution in [-0.2, 0) is 9.47 Å². The van der Waals surface area contributed by atoms with Crippen molar-refractivity contribution >= 4 is 34.5 Å². The van der Waals surface area contributed by atoms with E-state index in [1.54, 1.807) is 18.2 Å². The van der Waals surface area contributed by atoms with Crippen molar-refractivity contribution in [3.63, 3.8) is 0 Å². The second-order valence-corrected chi connectivity index (χ2v) is 4.45. The zero-order valence-corrected chi connectivity index (χ0v) is 11.8. The van der Waals surface area contributed by atoms with E-state index in [9.17, 15) is 9.59 Å². The van der Waals surface area contributed by atoms with Crippen LogP contribution in [0.2, 0.25) is 0 Å². The maximum atomic E-state index is 11.8. The molecule has 0 aliphatic carbocycles. The molecule has 0 heterocycles. The van der Waals surface area contributed by atoms with Gasteiger partial charge < -0.3 is 9.47 Å². The van der Waals surface area contributed by atoms with Crippen LogP contribution in [0.1, 0.15) is 34.1 Å². The fourth-order valence-electron chi connectivity index (χ4n) is 1.28. The Bertz CT molecular complexity index is 429. The molecule has 92 valence electrons. The fourth-order valence-corrected chi connectivity index (χ4v) is 1.99. The summed E-state index contributed by atoms with van der Waals surface area (Å²) in [6, 6.07) is 5.01. The largest absolute Gasteiger partial charge is 0.465 e. The zero-order chi connectivity index (χ0) is 12.8. The number of benzene rings is 1. The van der Waals surface area contributed by atoms with Gasteiger partial charge in [-0.15, -0.1) is 0 Å². The number of rotatable bonds is 4. The van der Waals surface area contributed by atoms with E-state index in [2.05, 4.69) is 4.74 Å². The van der Waals surface area contributed by atoms with Crippen LogP contribution < -0.4 is 0 Å². The molecule has 0 aliphatic rings. The standard InChI is InChI=1S/C12H13IO4/c1-3-7-17-11(14)8-5-4-6-9(13)10(8)12(15)16-2/h4-6H,3,7H2,1-2H3. The van der Waals surface area contributed by atoms with E-state index in [0.29, 0.717) is 10.2 Å². The number of esters is 2. The van der Waals surface area contributed by atoms with E-state index >= 15 is 0 Å². The lowest BCUT2D eigenvalue weighted by Gasteiger charge is -2.09. The van der Waals surface area contributed by atoms with Crippen LogP contribution in [0.4, 0.5) is 0 Å². The third-order valence-corrected chi connectivity index (χ3v) is 2.96. The predicted octanol–water partition coefficient (Wildman–Crippen LogP) is 2.64. The highest BCUT2D eigenvalue weighted by Gasteiger charge is 2.21. The summed E-state index contributed by atoms with van der Waals surface area (Å²) < 4.78 is 10.3. The highest BCUT2D eigenvalue weighted by molar-refractivity contribution is 14.1. The third-order valence-electron chi connectivity index (χ3n) is 2.06. The Morgan fingerprint density at radius 2 is 2.00 bits per heavy atom. The van der Waals surface area contributed by atoms with Gasteiger partial charge in [-0.25, -0.2) is 9.59 Å². The molecule has 0 atom stereocenters. The molecule has 0 aliphatic heterocycles. The first-order valence-electron chi connectivity index (χ1n) is 5.15. The average molecular weight is 348 g/mol. The van der Waals surface area contributed by atoms with Gasteiger partial charge in [0.25, 0.3) is 0 Å². The lowest BCUT2D eigenvalue weighted by atomic mass is 10.1. The van der Waals surface area contributed by atoms with Gasteiger partial charge in [-0.05, 0) is 41.1 Å². The average Bonchev–Trinajstić information content (AvgIpc) is 2.34. The molecule has 0 saturated heterocycles. The van der Waals surface area contributed by atoms with E-state index < -0.39 is 11.9 Å². The van der Waals surface area contributed by atoms with E-state index in [1.807, 2.05) is 29.5 Å². The maximum Gasteiger partial charge on any atom is 0.339 e. The summed E-state index contributed by atoms with van der Waals surface area (Å²) in [7, 11) is 1.28. The summed E-state index contributed by atoms with van der Waals surface area (Å²) in [5.74, 6) is -1.02. The lowest BCUT2D eigenvalue weighted by molar-refractivity contribution is 0.0486. The maximum absolute atomic E-state index is 11.8. The first-order chi connectivity index (χ1) is 8.11. The van der Waals surface area contributed by atoms with Gasteiger partial charge in [0, 0.05) is 3.57 Å². The van der Waals surface area contributed by atoms with Crippen LogP contribution in [0.3, 0.4) is 0 Å². The van der Waals surface area contributed by atoms with Crippen molar-refractivity contribution in [2.75, 3.05) is 13.7 Å². The molecule has 1 aromatic rings. The molecular formula is C12H13IO4. The molecule has 0 bridgehead atoms. The van der Waals surface area contributed by atoms with Crippen molar-refractivity contribution in [3.8, 4) is 0 Å². The van der Waals surface area contributed by atoms with Crippen LogP contribution in [0.25, 0.3) is 0 Å². The molecule has 0 amide bonds. The molecular weight excluding hydrogens is 335 g/mol. The number of carbonyl (C=O) groups is 2. The molecule has 1 rings (SSSR count). The van der Waals surface area contributed by atoms with Crippen LogP contribution in [0.15, 0.2) is 18.2 Å². The van der Waals surface area contributed by atoms with Gasteiger partial charge in [0.1, 0.15) is 0 Å². The van der Waals surface area contributed by atoms with Crippen molar-refractivity contribution in [1.29, 1.82) is 0 Å². The molecule has 1 aromatic carbocycles. The minimum Gasteiger partial charge on any atom is -0.465 e. The van der Waals surface area contributed by atoms with Crippen molar-refractivity contribution < 1.29 is 19.1 Å². The Balaban J connectivity index is 3.10. The molecule has 5 heteroatoms. The molecule has 0 spiro atoms. The number of hydrogen-bond acceptors (Lipinski definition) is 4. The topological polar surface area (TPSA) is 52.6 Å². The van der Waals surface area contributed by atoms with Gasteiger partial charge in [-0.3, -0.25) is 0 Å². The first-order valence-corrected chi connectivity index (χ1v) is 6.23. The summed E-state index contributed by atoms with van der Waals surface area (Å²) in [6.45, 7) is 2.24. The quantitative estimate of drug-likeness (QED) is 0.620. The Hall–Kier alpha value is -1.11. The van der Waals surface area contributed by atoms with Crippen molar-refractivity contribution in [2.45, 2.75) is 13.3 Å². The van der Waals surface area contributed by atoms with Gasteiger partial charge in [-0.2, -0.15) is 0 Å². The van der Waals surface area contributed by atoms with Gasteiger partial charge >= 0.3 is 11.9 Å². The minimum atomic E-state index is -0.529. The van der Waals surface area contributed by atoms with Crippen molar-refractivity contribution in [3.05, 3.63) is 32.9 Å². The Labute approximate surface area is 113 Å². The zero-order valence-electron chi connectivity index (χ0n) is 9.66. The monoisotopic (exact) mass is 348 g/mol.